The maximum atomic E-state index is 10.1. The molecule has 3 rings (SSSR count). The summed E-state index contributed by atoms with van der Waals surface area (Å²) in [5, 5.41) is 16.1. The van der Waals surface area contributed by atoms with E-state index in [0.29, 0.717) is 5.92 Å². The fraction of sp³-hybridized carbons (Fsp3) is 0.562. The number of fused-ring (bicyclic) bond motifs is 1. The van der Waals surface area contributed by atoms with Crippen molar-refractivity contribution in [1.29, 1.82) is 0 Å². The highest BCUT2D eigenvalue weighted by molar-refractivity contribution is 5.81. The fourth-order valence-corrected chi connectivity index (χ4v) is 3.26. The maximum absolute atomic E-state index is 10.1. The molecule has 2 aromatic rings. The summed E-state index contributed by atoms with van der Waals surface area (Å²) in [7, 11) is 0. The third-order valence-corrected chi connectivity index (χ3v) is 4.36. The number of benzene rings is 1. The molecule has 0 radical (unpaired) electrons. The van der Waals surface area contributed by atoms with E-state index < -0.39 is 0 Å². The van der Waals surface area contributed by atoms with Gasteiger partial charge in [0.25, 0.3) is 0 Å². The molecular weight excluding hydrogens is 236 g/mol. The monoisotopic (exact) mass is 258 g/mol. The Bertz CT molecular complexity index is 561. The van der Waals surface area contributed by atoms with Gasteiger partial charge in [-0.3, -0.25) is 4.68 Å². The largest absolute Gasteiger partial charge is 0.393 e. The molecule has 2 atom stereocenters. The standard InChI is InChI=1S/C16H22N2O/c1-2-18-15-9-5-4-8-13(15)14(17-18)11-12-7-3-6-10-16(12)19/h4-5,8-9,12,16,19H,2-3,6-7,10-11H2,1H3. The molecule has 102 valence electrons. The van der Waals surface area contributed by atoms with E-state index in [-0.39, 0.29) is 6.10 Å². The van der Waals surface area contributed by atoms with Crippen molar-refractivity contribution >= 4 is 10.9 Å². The average molecular weight is 258 g/mol. The molecule has 1 fully saturated rings. The summed E-state index contributed by atoms with van der Waals surface area (Å²) in [5.74, 6) is 0.386. The second-order valence-corrected chi connectivity index (χ2v) is 5.60. The summed E-state index contributed by atoms with van der Waals surface area (Å²) in [6.07, 6.45) is 5.27. The minimum atomic E-state index is -0.140. The van der Waals surface area contributed by atoms with Crippen LogP contribution in [-0.4, -0.2) is 21.0 Å². The first-order valence-corrected chi connectivity index (χ1v) is 7.42. The van der Waals surface area contributed by atoms with E-state index in [2.05, 4.69) is 35.9 Å². The van der Waals surface area contributed by atoms with Gasteiger partial charge < -0.3 is 5.11 Å². The van der Waals surface area contributed by atoms with Crippen molar-refractivity contribution < 1.29 is 5.11 Å². The molecule has 0 amide bonds. The van der Waals surface area contributed by atoms with E-state index in [4.69, 9.17) is 5.10 Å². The maximum Gasteiger partial charge on any atom is 0.0707 e. The Morgan fingerprint density at radius 2 is 2.05 bits per heavy atom. The summed E-state index contributed by atoms with van der Waals surface area (Å²) in [5.41, 5.74) is 2.37. The van der Waals surface area contributed by atoms with Gasteiger partial charge in [-0.25, -0.2) is 0 Å². The molecule has 0 saturated heterocycles. The van der Waals surface area contributed by atoms with Crippen LogP contribution in [0.4, 0.5) is 0 Å². The van der Waals surface area contributed by atoms with Crippen LogP contribution >= 0.6 is 0 Å². The zero-order valence-electron chi connectivity index (χ0n) is 11.5. The van der Waals surface area contributed by atoms with Crippen LogP contribution < -0.4 is 0 Å². The normalized spacial score (nSPS) is 23.9. The molecule has 2 unspecified atom stereocenters. The number of aliphatic hydroxyl groups excluding tert-OH is 1. The Morgan fingerprint density at radius 3 is 2.84 bits per heavy atom. The van der Waals surface area contributed by atoms with Gasteiger partial charge in [-0.2, -0.15) is 5.10 Å². The second kappa shape index (κ2) is 5.33. The first kappa shape index (κ1) is 12.7. The van der Waals surface area contributed by atoms with Crippen molar-refractivity contribution in [3.8, 4) is 0 Å². The summed E-state index contributed by atoms with van der Waals surface area (Å²) in [6.45, 7) is 3.02. The zero-order valence-corrected chi connectivity index (χ0v) is 11.5. The van der Waals surface area contributed by atoms with Gasteiger partial charge in [0.05, 0.1) is 17.3 Å². The first-order valence-electron chi connectivity index (χ1n) is 7.42. The second-order valence-electron chi connectivity index (χ2n) is 5.60. The highest BCUT2D eigenvalue weighted by Crippen LogP contribution is 2.29. The van der Waals surface area contributed by atoms with Crippen molar-refractivity contribution in [1.82, 2.24) is 9.78 Å². The number of rotatable bonds is 3. The summed E-state index contributed by atoms with van der Waals surface area (Å²) in [4.78, 5) is 0. The highest BCUT2D eigenvalue weighted by atomic mass is 16.3. The number of aliphatic hydroxyl groups is 1. The van der Waals surface area contributed by atoms with Crippen molar-refractivity contribution in [3.05, 3.63) is 30.0 Å². The fourth-order valence-electron chi connectivity index (χ4n) is 3.26. The van der Waals surface area contributed by atoms with Gasteiger partial charge in [0.2, 0.25) is 0 Å². The lowest BCUT2D eigenvalue weighted by Crippen LogP contribution is -2.26. The number of hydrogen-bond acceptors (Lipinski definition) is 2. The quantitative estimate of drug-likeness (QED) is 0.918. The van der Waals surface area contributed by atoms with Gasteiger partial charge in [-0.15, -0.1) is 0 Å². The Balaban J connectivity index is 1.92. The molecule has 1 aliphatic carbocycles. The van der Waals surface area contributed by atoms with Gasteiger partial charge in [0, 0.05) is 11.9 Å². The topological polar surface area (TPSA) is 38.0 Å². The molecule has 3 nitrogen and oxygen atoms in total. The number of para-hydroxylation sites is 1. The lowest BCUT2D eigenvalue weighted by atomic mass is 9.83. The van der Waals surface area contributed by atoms with Gasteiger partial charge in [-0.1, -0.05) is 31.0 Å². The van der Waals surface area contributed by atoms with Crippen LogP contribution in [0.5, 0.6) is 0 Å². The van der Waals surface area contributed by atoms with E-state index in [1.54, 1.807) is 0 Å². The summed E-state index contributed by atoms with van der Waals surface area (Å²) < 4.78 is 2.07. The van der Waals surface area contributed by atoms with Crippen LogP contribution in [0.2, 0.25) is 0 Å². The number of nitrogens with zero attached hydrogens (tertiary/aromatic N) is 2. The Morgan fingerprint density at radius 1 is 1.26 bits per heavy atom. The minimum absolute atomic E-state index is 0.140. The van der Waals surface area contributed by atoms with Crippen LogP contribution in [0.15, 0.2) is 24.3 Å². The summed E-state index contributed by atoms with van der Waals surface area (Å²) in [6, 6.07) is 8.42. The number of aromatic nitrogens is 2. The van der Waals surface area contributed by atoms with Crippen LogP contribution in [-0.2, 0) is 13.0 Å². The van der Waals surface area contributed by atoms with Gasteiger partial charge >= 0.3 is 0 Å². The van der Waals surface area contributed by atoms with Gasteiger partial charge in [-0.05, 0) is 38.2 Å². The van der Waals surface area contributed by atoms with E-state index in [0.717, 1.165) is 31.5 Å². The summed E-state index contributed by atoms with van der Waals surface area (Å²) >= 11 is 0. The van der Waals surface area contributed by atoms with Gasteiger partial charge in [0.1, 0.15) is 0 Å². The van der Waals surface area contributed by atoms with Crippen molar-refractivity contribution in [3.63, 3.8) is 0 Å². The van der Waals surface area contributed by atoms with Crippen molar-refractivity contribution in [2.24, 2.45) is 5.92 Å². The van der Waals surface area contributed by atoms with Gasteiger partial charge in [0.15, 0.2) is 0 Å². The Kier molecular flexibility index (Phi) is 3.56. The van der Waals surface area contributed by atoms with Crippen LogP contribution in [0.25, 0.3) is 10.9 Å². The smallest absolute Gasteiger partial charge is 0.0707 e. The van der Waals surface area contributed by atoms with Crippen molar-refractivity contribution in [2.45, 2.75) is 51.7 Å². The Labute approximate surface area is 114 Å². The molecule has 1 N–H and O–H groups in total. The molecule has 1 aromatic carbocycles. The van der Waals surface area contributed by atoms with E-state index in [1.165, 1.54) is 23.7 Å². The molecule has 1 heterocycles. The first-order chi connectivity index (χ1) is 9.29. The molecular formula is C16H22N2O. The van der Waals surface area contributed by atoms with Crippen LogP contribution in [0.1, 0.15) is 38.3 Å². The number of aryl methyl sites for hydroxylation is 1. The molecule has 3 heteroatoms. The minimum Gasteiger partial charge on any atom is -0.393 e. The predicted molar refractivity (Wildman–Crippen MR) is 77.1 cm³/mol. The van der Waals surface area contributed by atoms with E-state index >= 15 is 0 Å². The predicted octanol–water partition coefficient (Wildman–Crippen LogP) is 3.15. The van der Waals surface area contributed by atoms with Crippen LogP contribution in [0, 0.1) is 5.92 Å². The molecule has 1 aliphatic rings. The molecule has 0 aliphatic heterocycles. The number of hydrogen-bond donors (Lipinski definition) is 1. The molecule has 0 bridgehead atoms. The average Bonchev–Trinajstić information content (AvgIpc) is 2.80. The molecule has 1 saturated carbocycles. The lowest BCUT2D eigenvalue weighted by Gasteiger charge is -2.26. The van der Waals surface area contributed by atoms with Crippen LogP contribution in [0.3, 0.4) is 0 Å². The third-order valence-electron chi connectivity index (χ3n) is 4.36. The molecule has 1 aromatic heterocycles. The molecule has 0 spiro atoms. The highest BCUT2D eigenvalue weighted by Gasteiger charge is 2.25. The Hall–Kier alpha value is -1.35. The van der Waals surface area contributed by atoms with Crippen molar-refractivity contribution in [2.75, 3.05) is 0 Å². The van der Waals surface area contributed by atoms with E-state index in [9.17, 15) is 5.11 Å². The zero-order chi connectivity index (χ0) is 13.2. The van der Waals surface area contributed by atoms with E-state index in [1.807, 2.05) is 0 Å². The lowest BCUT2D eigenvalue weighted by molar-refractivity contribution is 0.0696. The third kappa shape index (κ3) is 2.39. The molecule has 19 heavy (non-hydrogen) atoms. The SMILES string of the molecule is CCn1nc(CC2CCCCC2O)c2ccccc21.